The van der Waals surface area contributed by atoms with Crippen molar-refractivity contribution in [3.63, 3.8) is 0 Å². The normalized spacial score (nSPS) is 10.7. The molecule has 0 saturated carbocycles. The van der Waals surface area contributed by atoms with Gasteiger partial charge in [-0.15, -0.1) is 10.2 Å². The third kappa shape index (κ3) is 2.91. The Labute approximate surface area is 123 Å². The average molecular weight is 333 g/mol. The van der Waals surface area contributed by atoms with E-state index in [9.17, 15) is 4.39 Å². The van der Waals surface area contributed by atoms with Crippen LogP contribution in [0.25, 0.3) is 11.4 Å². The Bertz CT molecular complexity index is 724. The number of hydrogen-bond donors (Lipinski definition) is 0. The van der Waals surface area contributed by atoms with Gasteiger partial charge in [-0.05, 0) is 47.2 Å². The monoisotopic (exact) mass is 332 g/mol. The van der Waals surface area contributed by atoms with Gasteiger partial charge in [0.1, 0.15) is 5.82 Å². The number of aromatic nitrogens is 4. The molecule has 0 saturated heterocycles. The second-order valence-electron chi connectivity index (χ2n) is 4.28. The van der Waals surface area contributed by atoms with Crippen LogP contribution in [0.15, 0.2) is 53.0 Å². The van der Waals surface area contributed by atoms with Crippen molar-refractivity contribution in [3.05, 3.63) is 64.4 Å². The lowest BCUT2D eigenvalue weighted by Gasteiger charge is -1.99. The van der Waals surface area contributed by atoms with Crippen LogP contribution < -0.4 is 0 Å². The Morgan fingerprint density at radius 2 is 1.90 bits per heavy atom. The lowest BCUT2D eigenvalue weighted by Crippen LogP contribution is -2.04. The van der Waals surface area contributed by atoms with Crippen molar-refractivity contribution in [2.24, 2.45) is 0 Å². The first-order valence-corrected chi connectivity index (χ1v) is 6.78. The zero-order valence-corrected chi connectivity index (χ0v) is 12.0. The van der Waals surface area contributed by atoms with Crippen molar-refractivity contribution in [1.29, 1.82) is 0 Å². The Kier molecular flexibility index (Phi) is 3.56. The van der Waals surface area contributed by atoms with Gasteiger partial charge in [-0.25, -0.2) is 4.39 Å². The molecular weight excluding hydrogens is 323 g/mol. The zero-order valence-electron chi connectivity index (χ0n) is 10.4. The number of nitrogens with zero attached hydrogens (tertiary/aromatic N) is 4. The minimum absolute atomic E-state index is 0.268. The van der Waals surface area contributed by atoms with E-state index in [1.165, 1.54) is 16.9 Å². The average Bonchev–Trinajstić information content (AvgIpc) is 2.88. The van der Waals surface area contributed by atoms with Gasteiger partial charge >= 0.3 is 0 Å². The van der Waals surface area contributed by atoms with Crippen LogP contribution in [0.5, 0.6) is 0 Å². The minimum Gasteiger partial charge on any atom is -0.207 e. The molecule has 4 nitrogen and oxygen atoms in total. The predicted octanol–water partition coefficient (Wildman–Crippen LogP) is 3.29. The molecule has 6 heteroatoms. The molecule has 3 aromatic rings. The first-order chi connectivity index (χ1) is 9.70. The van der Waals surface area contributed by atoms with Crippen molar-refractivity contribution in [2.75, 3.05) is 0 Å². The first-order valence-electron chi connectivity index (χ1n) is 5.99. The van der Waals surface area contributed by atoms with E-state index in [2.05, 4.69) is 31.3 Å². The van der Waals surface area contributed by atoms with Crippen LogP contribution >= 0.6 is 15.9 Å². The van der Waals surface area contributed by atoms with E-state index in [1.807, 2.05) is 30.3 Å². The maximum absolute atomic E-state index is 13.1. The Hall–Kier alpha value is -2.08. The number of hydrogen-bond acceptors (Lipinski definition) is 3. The van der Waals surface area contributed by atoms with Crippen LogP contribution in [0.1, 0.15) is 5.56 Å². The van der Waals surface area contributed by atoms with Gasteiger partial charge in [0.05, 0.1) is 6.54 Å². The predicted molar refractivity (Wildman–Crippen MR) is 76.5 cm³/mol. The van der Waals surface area contributed by atoms with Crippen LogP contribution in [0.3, 0.4) is 0 Å². The molecule has 0 amide bonds. The van der Waals surface area contributed by atoms with Crippen LogP contribution in [-0.4, -0.2) is 20.2 Å². The van der Waals surface area contributed by atoms with Gasteiger partial charge < -0.3 is 0 Å². The molecule has 0 bridgehead atoms. The summed E-state index contributed by atoms with van der Waals surface area (Å²) in [4.78, 5) is 1.45. The van der Waals surface area contributed by atoms with E-state index >= 15 is 0 Å². The highest BCUT2D eigenvalue weighted by Gasteiger charge is 2.06. The molecule has 3 rings (SSSR count). The largest absolute Gasteiger partial charge is 0.207 e. The summed E-state index contributed by atoms with van der Waals surface area (Å²) in [6, 6.07) is 14.0. The van der Waals surface area contributed by atoms with Crippen LogP contribution in [-0.2, 0) is 6.54 Å². The highest BCUT2D eigenvalue weighted by Crippen LogP contribution is 2.17. The molecule has 0 aliphatic heterocycles. The molecule has 2 aromatic carbocycles. The molecule has 0 unspecified atom stereocenters. The SMILES string of the molecule is Fc1cccc(Cn2nnc(-c3ccc(Br)cc3)n2)c1. The molecule has 0 spiro atoms. The molecule has 0 N–H and O–H groups in total. The Morgan fingerprint density at radius 3 is 2.65 bits per heavy atom. The smallest absolute Gasteiger partial charge is 0.204 e. The molecule has 1 heterocycles. The lowest BCUT2D eigenvalue weighted by atomic mass is 10.2. The molecule has 20 heavy (non-hydrogen) atoms. The van der Waals surface area contributed by atoms with Gasteiger partial charge in [-0.2, -0.15) is 4.80 Å². The molecule has 0 aliphatic rings. The van der Waals surface area contributed by atoms with Crippen molar-refractivity contribution < 1.29 is 4.39 Å². The minimum atomic E-state index is -0.268. The summed E-state index contributed by atoms with van der Waals surface area (Å²) in [5.74, 6) is 0.282. The van der Waals surface area contributed by atoms with Crippen molar-refractivity contribution in [1.82, 2.24) is 20.2 Å². The standard InChI is InChI=1S/C14H10BrFN4/c15-12-6-4-11(5-7-12)14-17-19-20(18-14)9-10-2-1-3-13(16)8-10/h1-8H,9H2. The lowest BCUT2D eigenvalue weighted by molar-refractivity contribution is 0.567. The molecule has 0 aliphatic carbocycles. The Morgan fingerprint density at radius 1 is 1.10 bits per heavy atom. The van der Waals surface area contributed by atoms with Crippen LogP contribution in [0.2, 0.25) is 0 Å². The maximum atomic E-state index is 13.1. The summed E-state index contributed by atoms with van der Waals surface area (Å²) in [5, 5.41) is 12.3. The highest BCUT2D eigenvalue weighted by atomic mass is 79.9. The second-order valence-corrected chi connectivity index (χ2v) is 5.20. The molecule has 100 valence electrons. The fourth-order valence-electron chi connectivity index (χ4n) is 1.82. The number of tetrazole rings is 1. The van der Waals surface area contributed by atoms with Gasteiger partial charge in [-0.3, -0.25) is 0 Å². The van der Waals surface area contributed by atoms with Crippen molar-refractivity contribution >= 4 is 15.9 Å². The van der Waals surface area contributed by atoms with E-state index in [-0.39, 0.29) is 5.82 Å². The second kappa shape index (κ2) is 5.50. The maximum Gasteiger partial charge on any atom is 0.204 e. The summed E-state index contributed by atoms with van der Waals surface area (Å²) in [7, 11) is 0. The third-order valence-corrected chi connectivity index (χ3v) is 3.30. The summed E-state index contributed by atoms with van der Waals surface area (Å²) in [5.41, 5.74) is 1.68. The summed E-state index contributed by atoms with van der Waals surface area (Å²) in [6.45, 7) is 0.390. The summed E-state index contributed by atoms with van der Waals surface area (Å²) >= 11 is 3.38. The summed E-state index contributed by atoms with van der Waals surface area (Å²) < 4.78 is 14.1. The van der Waals surface area contributed by atoms with Gasteiger partial charge in [0.25, 0.3) is 0 Å². The Balaban J connectivity index is 1.82. The fourth-order valence-corrected chi connectivity index (χ4v) is 2.09. The topological polar surface area (TPSA) is 43.6 Å². The first kappa shape index (κ1) is 12.9. The van der Waals surface area contributed by atoms with E-state index in [0.717, 1.165) is 15.6 Å². The van der Waals surface area contributed by atoms with Gasteiger partial charge in [0.2, 0.25) is 5.82 Å². The quantitative estimate of drug-likeness (QED) is 0.739. The third-order valence-electron chi connectivity index (χ3n) is 2.77. The number of benzene rings is 2. The van der Waals surface area contributed by atoms with Crippen LogP contribution in [0.4, 0.5) is 4.39 Å². The zero-order chi connectivity index (χ0) is 13.9. The van der Waals surface area contributed by atoms with Gasteiger partial charge in [-0.1, -0.05) is 28.1 Å². The molecular formula is C14H10BrFN4. The summed E-state index contributed by atoms with van der Waals surface area (Å²) in [6.07, 6.45) is 0. The van der Waals surface area contributed by atoms with Crippen molar-refractivity contribution in [2.45, 2.75) is 6.54 Å². The molecule has 1 aromatic heterocycles. The van der Waals surface area contributed by atoms with E-state index in [1.54, 1.807) is 6.07 Å². The van der Waals surface area contributed by atoms with Crippen LogP contribution in [0, 0.1) is 5.82 Å². The number of halogens is 2. The van der Waals surface area contributed by atoms with E-state index in [0.29, 0.717) is 12.4 Å². The number of rotatable bonds is 3. The molecule has 0 fully saturated rings. The molecule has 0 atom stereocenters. The highest BCUT2D eigenvalue weighted by molar-refractivity contribution is 9.10. The van der Waals surface area contributed by atoms with Gasteiger partial charge in [0, 0.05) is 10.0 Å². The van der Waals surface area contributed by atoms with E-state index < -0.39 is 0 Å². The van der Waals surface area contributed by atoms with Crippen molar-refractivity contribution in [3.8, 4) is 11.4 Å². The molecule has 0 radical (unpaired) electrons. The van der Waals surface area contributed by atoms with Gasteiger partial charge in [0.15, 0.2) is 0 Å². The fraction of sp³-hybridized carbons (Fsp3) is 0.0714. The van der Waals surface area contributed by atoms with E-state index in [4.69, 9.17) is 0 Å².